The molecule has 0 bridgehead atoms. The molecule has 1 heterocycles. The minimum atomic E-state index is -0.504. The highest BCUT2D eigenvalue weighted by Gasteiger charge is 2.13. The molecule has 0 aliphatic heterocycles. The van der Waals surface area contributed by atoms with Crippen molar-refractivity contribution in [2.24, 2.45) is 0 Å². The second-order valence-electron chi connectivity index (χ2n) is 4.43. The molecule has 124 valence electrons. The molecule has 0 saturated heterocycles. The average Bonchev–Trinajstić information content (AvgIpc) is 3.01. The molecule has 0 unspecified atom stereocenters. The molecule has 6 nitrogen and oxygen atoms in total. The third-order valence-corrected chi connectivity index (χ3v) is 4.62. The predicted octanol–water partition coefficient (Wildman–Crippen LogP) is 3.59. The summed E-state index contributed by atoms with van der Waals surface area (Å²) < 4.78 is 6.14. The topological polar surface area (TPSA) is 87.9 Å². The summed E-state index contributed by atoms with van der Waals surface area (Å²) in [6.07, 6.45) is 1.52. The van der Waals surface area contributed by atoms with Crippen molar-refractivity contribution in [3.63, 3.8) is 0 Å². The molecule has 8 heteroatoms. The highest BCUT2D eigenvalue weighted by molar-refractivity contribution is 8.01. The molecule has 1 N–H and O–H groups in total. The Morgan fingerprint density at radius 2 is 2.12 bits per heavy atom. The summed E-state index contributed by atoms with van der Waals surface area (Å²) in [6.45, 7) is 4.50. The minimum Gasteiger partial charge on any atom is -0.494 e. The molecule has 0 saturated carbocycles. The van der Waals surface area contributed by atoms with E-state index in [0.717, 1.165) is 21.4 Å². The van der Waals surface area contributed by atoms with E-state index in [0.29, 0.717) is 11.7 Å². The summed E-state index contributed by atoms with van der Waals surface area (Å²) in [7, 11) is 0. The van der Waals surface area contributed by atoms with Crippen LogP contribution in [0, 0.1) is 11.3 Å². The summed E-state index contributed by atoms with van der Waals surface area (Å²) in [4.78, 5) is 12.2. The number of benzene rings is 1. The smallest absolute Gasteiger partial charge is 0.268 e. The highest BCUT2D eigenvalue weighted by atomic mass is 32.2. The second-order valence-corrected chi connectivity index (χ2v) is 6.92. The van der Waals surface area contributed by atoms with Crippen LogP contribution in [0.1, 0.15) is 19.4 Å². The molecule has 0 fully saturated rings. The normalized spacial score (nSPS) is 11.0. The van der Waals surface area contributed by atoms with Gasteiger partial charge in [-0.05, 0) is 36.4 Å². The van der Waals surface area contributed by atoms with Crippen LogP contribution in [0.4, 0.5) is 5.13 Å². The largest absolute Gasteiger partial charge is 0.494 e. The van der Waals surface area contributed by atoms with Gasteiger partial charge >= 0.3 is 0 Å². The number of nitriles is 1. The van der Waals surface area contributed by atoms with Crippen LogP contribution < -0.4 is 10.1 Å². The predicted molar refractivity (Wildman–Crippen MR) is 96.1 cm³/mol. The monoisotopic (exact) mass is 360 g/mol. The van der Waals surface area contributed by atoms with E-state index in [1.54, 1.807) is 36.0 Å². The molecule has 0 radical (unpaired) electrons. The van der Waals surface area contributed by atoms with Crippen molar-refractivity contribution in [1.82, 2.24) is 10.2 Å². The molecular formula is C16H16N4O2S2. The Kier molecular flexibility index (Phi) is 6.78. The fourth-order valence-corrected chi connectivity index (χ4v) is 3.39. The minimum absolute atomic E-state index is 0.000875. The van der Waals surface area contributed by atoms with Gasteiger partial charge in [0.05, 0.1) is 6.61 Å². The summed E-state index contributed by atoms with van der Waals surface area (Å²) >= 11 is 2.83. The van der Waals surface area contributed by atoms with E-state index in [1.165, 1.54) is 17.4 Å². The van der Waals surface area contributed by atoms with Gasteiger partial charge in [0.15, 0.2) is 4.34 Å². The quantitative estimate of drug-likeness (QED) is 0.351. The van der Waals surface area contributed by atoms with Gasteiger partial charge in [-0.25, -0.2) is 0 Å². The Morgan fingerprint density at radius 3 is 2.75 bits per heavy atom. The molecule has 0 atom stereocenters. The maximum Gasteiger partial charge on any atom is 0.268 e. The van der Waals surface area contributed by atoms with E-state index in [9.17, 15) is 10.1 Å². The van der Waals surface area contributed by atoms with E-state index < -0.39 is 5.91 Å². The number of carbonyl (C=O) groups is 1. The summed E-state index contributed by atoms with van der Waals surface area (Å²) in [5, 5.41) is 20.1. The maximum atomic E-state index is 12.2. The van der Waals surface area contributed by atoms with E-state index in [4.69, 9.17) is 4.74 Å². The van der Waals surface area contributed by atoms with Crippen LogP contribution in [0.25, 0.3) is 6.08 Å². The second kappa shape index (κ2) is 9.05. The van der Waals surface area contributed by atoms with Gasteiger partial charge in [0.25, 0.3) is 5.91 Å². The molecule has 2 aromatic rings. The van der Waals surface area contributed by atoms with Gasteiger partial charge in [-0.3, -0.25) is 10.1 Å². The van der Waals surface area contributed by atoms with Crippen molar-refractivity contribution in [2.45, 2.75) is 18.2 Å². The third kappa shape index (κ3) is 5.08. The molecule has 1 aromatic carbocycles. The zero-order chi connectivity index (χ0) is 17.4. The number of amides is 1. The molecular weight excluding hydrogens is 344 g/mol. The first kappa shape index (κ1) is 18.0. The Labute approximate surface area is 148 Å². The SMILES string of the molecule is CCOc1ccc(/C=C(\C#N)C(=O)Nc2nnc(SCC)s2)cc1. The van der Waals surface area contributed by atoms with Gasteiger partial charge in [-0.2, -0.15) is 5.26 Å². The van der Waals surface area contributed by atoms with E-state index in [1.807, 2.05) is 19.9 Å². The van der Waals surface area contributed by atoms with Crippen molar-refractivity contribution in [3.05, 3.63) is 35.4 Å². The van der Waals surface area contributed by atoms with Gasteiger partial charge in [-0.1, -0.05) is 42.2 Å². The van der Waals surface area contributed by atoms with Crippen LogP contribution in [0.5, 0.6) is 5.75 Å². The van der Waals surface area contributed by atoms with Crippen molar-refractivity contribution >= 4 is 40.2 Å². The van der Waals surface area contributed by atoms with E-state index in [2.05, 4.69) is 15.5 Å². The first-order valence-electron chi connectivity index (χ1n) is 7.28. The first-order valence-corrected chi connectivity index (χ1v) is 9.08. The van der Waals surface area contributed by atoms with Crippen molar-refractivity contribution < 1.29 is 9.53 Å². The van der Waals surface area contributed by atoms with E-state index in [-0.39, 0.29) is 5.57 Å². The lowest BCUT2D eigenvalue weighted by atomic mass is 10.1. The lowest BCUT2D eigenvalue weighted by Gasteiger charge is -2.03. The van der Waals surface area contributed by atoms with Crippen LogP contribution >= 0.6 is 23.1 Å². The van der Waals surface area contributed by atoms with Gasteiger partial charge in [0.1, 0.15) is 17.4 Å². The van der Waals surface area contributed by atoms with Gasteiger partial charge < -0.3 is 4.74 Å². The summed E-state index contributed by atoms with van der Waals surface area (Å²) in [6, 6.07) is 9.07. The number of carbonyl (C=O) groups excluding carboxylic acids is 1. The Hall–Kier alpha value is -2.37. The molecule has 0 spiro atoms. The Morgan fingerprint density at radius 1 is 1.38 bits per heavy atom. The van der Waals surface area contributed by atoms with Crippen LogP contribution in [0.3, 0.4) is 0 Å². The molecule has 24 heavy (non-hydrogen) atoms. The number of rotatable bonds is 7. The average molecular weight is 360 g/mol. The van der Waals surface area contributed by atoms with Crippen molar-refractivity contribution in [2.75, 3.05) is 17.7 Å². The fourth-order valence-electron chi connectivity index (χ4n) is 1.75. The van der Waals surface area contributed by atoms with Gasteiger partial charge in [-0.15, -0.1) is 10.2 Å². The highest BCUT2D eigenvalue weighted by Crippen LogP contribution is 2.25. The summed E-state index contributed by atoms with van der Waals surface area (Å²) in [5.74, 6) is 1.12. The Bertz CT molecular complexity index is 763. The molecule has 2 rings (SSSR count). The summed E-state index contributed by atoms with van der Waals surface area (Å²) in [5.41, 5.74) is 0.740. The number of aromatic nitrogens is 2. The first-order chi connectivity index (χ1) is 11.7. The van der Waals surface area contributed by atoms with E-state index >= 15 is 0 Å². The molecule has 1 aromatic heterocycles. The lowest BCUT2D eigenvalue weighted by Crippen LogP contribution is -2.13. The number of nitrogens with zero attached hydrogens (tertiary/aromatic N) is 3. The number of hydrogen-bond donors (Lipinski definition) is 1. The number of thioether (sulfide) groups is 1. The number of ether oxygens (including phenoxy) is 1. The van der Waals surface area contributed by atoms with Gasteiger partial charge in [0, 0.05) is 0 Å². The maximum absolute atomic E-state index is 12.2. The molecule has 0 aliphatic rings. The van der Waals surface area contributed by atoms with Crippen molar-refractivity contribution in [1.29, 1.82) is 5.26 Å². The number of nitrogens with one attached hydrogen (secondary N) is 1. The zero-order valence-corrected chi connectivity index (χ0v) is 14.9. The van der Waals surface area contributed by atoms with Crippen LogP contribution in [-0.2, 0) is 4.79 Å². The molecule has 1 amide bonds. The Balaban J connectivity index is 2.08. The van der Waals surface area contributed by atoms with Crippen LogP contribution in [-0.4, -0.2) is 28.5 Å². The van der Waals surface area contributed by atoms with Crippen LogP contribution in [0.2, 0.25) is 0 Å². The standard InChI is InChI=1S/C16H16N4O2S2/c1-3-22-13-7-5-11(6-8-13)9-12(10-17)14(21)18-15-19-20-16(24-15)23-4-2/h5-9H,3-4H2,1-2H3,(H,18,19,21)/b12-9+. The van der Waals surface area contributed by atoms with Crippen LogP contribution in [0.15, 0.2) is 34.2 Å². The zero-order valence-electron chi connectivity index (χ0n) is 13.3. The molecule has 0 aliphatic carbocycles. The third-order valence-electron chi connectivity index (χ3n) is 2.76. The fraction of sp³-hybridized carbons (Fsp3) is 0.250. The number of hydrogen-bond acceptors (Lipinski definition) is 7. The van der Waals surface area contributed by atoms with Crippen molar-refractivity contribution in [3.8, 4) is 11.8 Å². The van der Waals surface area contributed by atoms with Gasteiger partial charge in [0.2, 0.25) is 5.13 Å². The number of anilines is 1. The lowest BCUT2D eigenvalue weighted by molar-refractivity contribution is -0.112.